The van der Waals surface area contributed by atoms with Crippen LogP contribution in [0.5, 0.6) is 0 Å². The van der Waals surface area contributed by atoms with Gasteiger partial charge in [0.1, 0.15) is 0 Å². The summed E-state index contributed by atoms with van der Waals surface area (Å²) in [5.41, 5.74) is 13.8. The summed E-state index contributed by atoms with van der Waals surface area (Å²) in [6.45, 7) is 2.30. The Kier molecular flexibility index (Phi) is 2.93. The summed E-state index contributed by atoms with van der Waals surface area (Å²) in [7, 11) is 0. The molecule has 1 aromatic carbocycles. The second kappa shape index (κ2) is 4.21. The average molecular weight is 206 g/mol. The van der Waals surface area contributed by atoms with Crippen LogP contribution >= 0.6 is 0 Å². The monoisotopic (exact) mass is 206 g/mol. The number of nitrogens with two attached hydrogens (primary N) is 2. The molecule has 0 spiro atoms. The minimum atomic E-state index is 0.103. The van der Waals surface area contributed by atoms with Crippen molar-refractivity contribution in [2.75, 3.05) is 25.5 Å². The number of hydrogen-bond donors (Lipinski definition) is 2. The number of rotatable bonds is 2. The van der Waals surface area contributed by atoms with E-state index in [1.54, 1.807) is 0 Å². The zero-order chi connectivity index (χ0) is 10.7. The normalized spacial score (nSPS) is 20.1. The van der Waals surface area contributed by atoms with Gasteiger partial charge >= 0.3 is 0 Å². The van der Waals surface area contributed by atoms with E-state index in [4.69, 9.17) is 16.2 Å². The number of ether oxygens (including phenoxy) is 1. The zero-order valence-corrected chi connectivity index (χ0v) is 8.91. The summed E-state index contributed by atoms with van der Waals surface area (Å²) < 4.78 is 5.39. The molecule has 1 fully saturated rings. The van der Waals surface area contributed by atoms with Crippen LogP contribution in [0.2, 0.25) is 0 Å². The minimum absolute atomic E-state index is 0.103. The largest absolute Gasteiger partial charge is 0.399 e. The Morgan fingerprint density at radius 1 is 1.13 bits per heavy atom. The smallest absolute Gasteiger partial charge is 0.0475 e. The molecule has 0 aliphatic carbocycles. The van der Waals surface area contributed by atoms with Gasteiger partial charge in [0.15, 0.2) is 0 Å². The van der Waals surface area contributed by atoms with Crippen LogP contribution in [0, 0.1) is 0 Å². The lowest BCUT2D eigenvalue weighted by molar-refractivity contribution is 0.0530. The third-order valence-corrected chi connectivity index (χ3v) is 3.36. The van der Waals surface area contributed by atoms with Crippen LogP contribution in [0.15, 0.2) is 24.3 Å². The molecule has 0 bridgehead atoms. The van der Waals surface area contributed by atoms with Crippen molar-refractivity contribution in [3.63, 3.8) is 0 Å². The molecule has 1 aliphatic rings. The lowest BCUT2D eigenvalue weighted by Crippen LogP contribution is -2.40. The van der Waals surface area contributed by atoms with Crippen molar-refractivity contribution in [1.29, 1.82) is 0 Å². The highest BCUT2D eigenvalue weighted by molar-refractivity contribution is 5.41. The standard InChI is InChI=1S/C12H18N2O/c13-9-12(5-7-15-8-6-12)10-1-3-11(14)4-2-10/h1-4H,5-9,13-14H2. The molecule has 82 valence electrons. The lowest BCUT2D eigenvalue weighted by Gasteiger charge is -2.36. The van der Waals surface area contributed by atoms with Crippen molar-refractivity contribution in [2.24, 2.45) is 5.73 Å². The molecule has 1 heterocycles. The first-order chi connectivity index (χ1) is 7.27. The van der Waals surface area contributed by atoms with Gasteiger partial charge in [-0.1, -0.05) is 12.1 Å². The average Bonchev–Trinajstić information content (AvgIpc) is 2.31. The Hall–Kier alpha value is -1.06. The van der Waals surface area contributed by atoms with Crippen LogP contribution in [-0.2, 0) is 10.2 Å². The van der Waals surface area contributed by atoms with E-state index in [1.807, 2.05) is 12.1 Å². The molecule has 0 amide bonds. The van der Waals surface area contributed by atoms with Crippen LogP contribution < -0.4 is 11.5 Å². The van der Waals surface area contributed by atoms with Crippen molar-refractivity contribution >= 4 is 5.69 Å². The highest BCUT2D eigenvalue weighted by Gasteiger charge is 2.32. The molecular weight excluding hydrogens is 188 g/mol. The van der Waals surface area contributed by atoms with E-state index in [0.717, 1.165) is 31.7 Å². The quantitative estimate of drug-likeness (QED) is 0.716. The Labute approximate surface area is 90.4 Å². The molecule has 3 heteroatoms. The van der Waals surface area contributed by atoms with E-state index in [-0.39, 0.29) is 5.41 Å². The van der Waals surface area contributed by atoms with Crippen molar-refractivity contribution in [1.82, 2.24) is 0 Å². The van der Waals surface area contributed by atoms with Crippen LogP contribution in [0.1, 0.15) is 18.4 Å². The summed E-state index contributed by atoms with van der Waals surface area (Å²) in [4.78, 5) is 0. The van der Waals surface area contributed by atoms with Crippen LogP contribution in [0.25, 0.3) is 0 Å². The highest BCUT2D eigenvalue weighted by Crippen LogP contribution is 2.33. The van der Waals surface area contributed by atoms with Crippen LogP contribution in [0.3, 0.4) is 0 Å². The Morgan fingerprint density at radius 3 is 2.27 bits per heavy atom. The van der Waals surface area contributed by atoms with E-state index in [9.17, 15) is 0 Å². The third kappa shape index (κ3) is 1.98. The number of anilines is 1. The molecular formula is C12H18N2O. The molecule has 1 saturated heterocycles. The first kappa shape index (κ1) is 10.5. The first-order valence-electron chi connectivity index (χ1n) is 5.41. The summed E-state index contributed by atoms with van der Waals surface area (Å²) in [5, 5.41) is 0. The molecule has 1 aromatic rings. The number of hydrogen-bond acceptors (Lipinski definition) is 3. The molecule has 4 N–H and O–H groups in total. The molecule has 3 nitrogen and oxygen atoms in total. The number of benzene rings is 1. The van der Waals surface area contributed by atoms with Crippen molar-refractivity contribution in [2.45, 2.75) is 18.3 Å². The van der Waals surface area contributed by atoms with Crippen LogP contribution in [-0.4, -0.2) is 19.8 Å². The van der Waals surface area contributed by atoms with Crippen molar-refractivity contribution < 1.29 is 4.74 Å². The fourth-order valence-corrected chi connectivity index (χ4v) is 2.21. The van der Waals surface area contributed by atoms with Gasteiger partial charge in [0.2, 0.25) is 0 Å². The van der Waals surface area contributed by atoms with Crippen molar-refractivity contribution in [3.05, 3.63) is 29.8 Å². The number of nitrogen functional groups attached to an aromatic ring is 1. The molecule has 15 heavy (non-hydrogen) atoms. The maximum absolute atomic E-state index is 5.92. The molecule has 0 unspecified atom stereocenters. The topological polar surface area (TPSA) is 61.3 Å². The molecule has 2 rings (SSSR count). The van der Waals surface area contributed by atoms with Gasteiger partial charge in [0.25, 0.3) is 0 Å². The van der Waals surface area contributed by atoms with Gasteiger partial charge in [-0.05, 0) is 30.5 Å². The fraction of sp³-hybridized carbons (Fsp3) is 0.500. The molecule has 0 radical (unpaired) electrons. The Bertz CT molecular complexity index is 315. The van der Waals surface area contributed by atoms with E-state index < -0.39 is 0 Å². The van der Waals surface area contributed by atoms with Gasteiger partial charge in [0, 0.05) is 30.9 Å². The van der Waals surface area contributed by atoms with E-state index in [2.05, 4.69) is 12.1 Å². The molecule has 1 aliphatic heterocycles. The zero-order valence-electron chi connectivity index (χ0n) is 8.91. The third-order valence-electron chi connectivity index (χ3n) is 3.36. The summed E-state index contributed by atoms with van der Waals surface area (Å²) in [6.07, 6.45) is 2.01. The predicted octanol–water partition coefficient (Wildman–Crippen LogP) is 1.28. The maximum atomic E-state index is 5.92. The lowest BCUT2D eigenvalue weighted by atomic mass is 9.74. The van der Waals surface area contributed by atoms with Gasteiger partial charge in [-0.3, -0.25) is 0 Å². The minimum Gasteiger partial charge on any atom is -0.399 e. The van der Waals surface area contributed by atoms with Crippen LogP contribution in [0.4, 0.5) is 5.69 Å². The second-order valence-corrected chi connectivity index (χ2v) is 4.22. The van der Waals surface area contributed by atoms with Crippen molar-refractivity contribution in [3.8, 4) is 0 Å². The SMILES string of the molecule is NCC1(c2ccc(N)cc2)CCOCC1. The van der Waals surface area contributed by atoms with E-state index in [1.165, 1.54) is 5.56 Å². The van der Waals surface area contributed by atoms with Gasteiger partial charge in [-0.2, -0.15) is 0 Å². The fourth-order valence-electron chi connectivity index (χ4n) is 2.21. The summed E-state index contributed by atoms with van der Waals surface area (Å²) in [6, 6.07) is 8.07. The summed E-state index contributed by atoms with van der Waals surface area (Å²) >= 11 is 0. The Balaban J connectivity index is 2.28. The molecule has 0 aromatic heterocycles. The van der Waals surface area contributed by atoms with E-state index in [0.29, 0.717) is 6.54 Å². The van der Waals surface area contributed by atoms with Gasteiger partial charge in [-0.25, -0.2) is 0 Å². The maximum Gasteiger partial charge on any atom is 0.0475 e. The van der Waals surface area contributed by atoms with Gasteiger partial charge < -0.3 is 16.2 Å². The Morgan fingerprint density at radius 2 is 1.73 bits per heavy atom. The van der Waals surface area contributed by atoms with E-state index >= 15 is 0 Å². The predicted molar refractivity (Wildman–Crippen MR) is 61.6 cm³/mol. The first-order valence-corrected chi connectivity index (χ1v) is 5.41. The molecule has 0 atom stereocenters. The highest BCUT2D eigenvalue weighted by atomic mass is 16.5. The van der Waals surface area contributed by atoms with Gasteiger partial charge in [-0.15, -0.1) is 0 Å². The summed E-state index contributed by atoms with van der Waals surface area (Å²) in [5.74, 6) is 0. The second-order valence-electron chi connectivity index (χ2n) is 4.22. The molecule has 0 saturated carbocycles. The van der Waals surface area contributed by atoms with Gasteiger partial charge in [0.05, 0.1) is 0 Å².